The van der Waals surface area contributed by atoms with E-state index in [1.807, 2.05) is 24.3 Å². The van der Waals surface area contributed by atoms with Crippen molar-refractivity contribution < 1.29 is 9.47 Å². The van der Waals surface area contributed by atoms with E-state index in [9.17, 15) is 0 Å². The van der Waals surface area contributed by atoms with E-state index in [0.717, 1.165) is 28.6 Å². The third-order valence-electron chi connectivity index (χ3n) is 4.59. The van der Waals surface area contributed by atoms with Gasteiger partial charge in [0.2, 0.25) is 0 Å². The number of hydrogen-bond donors (Lipinski definition) is 0. The van der Waals surface area contributed by atoms with Gasteiger partial charge < -0.3 is 14.4 Å². The highest BCUT2D eigenvalue weighted by atomic mass is 32.1. The normalized spacial score (nSPS) is 10.5. The lowest BCUT2D eigenvalue weighted by atomic mass is 10.1. The van der Waals surface area contributed by atoms with Gasteiger partial charge in [-0.2, -0.15) is 0 Å². The maximum absolute atomic E-state index is 5.31. The van der Waals surface area contributed by atoms with Crippen LogP contribution < -0.4 is 14.4 Å². The second-order valence-corrected chi connectivity index (χ2v) is 7.20. The summed E-state index contributed by atoms with van der Waals surface area (Å²) in [6.07, 6.45) is 0. The number of methoxy groups -OCH3 is 2. The van der Waals surface area contributed by atoms with Crippen molar-refractivity contribution in [1.29, 1.82) is 0 Å². The first-order valence-corrected chi connectivity index (χ1v) is 9.88. The third kappa shape index (κ3) is 3.73. The Morgan fingerprint density at radius 3 is 1.46 bits per heavy atom. The third-order valence-corrected chi connectivity index (χ3v) is 5.51. The molecular formula is C24H21NO2S. The van der Waals surface area contributed by atoms with Gasteiger partial charge in [0.05, 0.1) is 14.2 Å². The molecule has 4 heteroatoms. The smallest absolute Gasteiger partial charge is 0.119 e. The second kappa shape index (κ2) is 8.19. The molecule has 0 radical (unpaired) electrons. The summed E-state index contributed by atoms with van der Waals surface area (Å²) < 4.78 is 10.6. The Hall–Kier alpha value is -3.24. The Balaban J connectivity index is 1.75. The maximum atomic E-state index is 5.31. The van der Waals surface area contributed by atoms with Crippen LogP contribution in [0, 0.1) is 0 Å². The summed E-state index contributed by atoms with van der Waals surface area (Å²) in [5.74, 6) is 1.68. The Labute approximate surface area is 169 Å². The fourth-order valence-electron chi connectivity index (χ4n) is 3.13. The van der Waals surface area contributed by atoms with Gasteiger partial charge in [-0.1, -0.05) is 18.2 Å². The van der Waals surface area contributed by atoms with E-state index in [2.05, 4.69) is 70.9 Å². The van der Waals surface area contributed by atoms with Crippen LogP contribution in [0.3, 0.4) is 0 Å². The monoisotopic (exact) mass is 387 g/mol. The van der Waals surface area contributed by atoms with E-state index in [4.69, 9.17) is 9.47 Å². The summed E-state index contributed by atoms with van der Waals surface area (Å²) in [6, 6.07) is 29.0. The van der Waals surface area contributed by atoms with Crippen molar-refractivity contribution in [3.63, 3.8) is 0 Å². The van der Waals surface area contributed by atoms with Crippen molar-refractivity contribution in [2.75, 3.05) is 19.1 Å². The molecule has 0 aliphatic carbocycles. The lowest BCUT2D eigenvalue weighted by Crippen LogP contribution is -2.09. The highest BCUT2D eigenvalue weighted by molar-refractivity contribution is 7.13. The van der Waals surface area contributed by atoms with E-state index >= 15 is 0 Å². The molecule has 0 spiro atoms. The van der Waals surface area contributed by atoms with E-state index < -0.39 is 0 Å². The fraction of sp³-hybridized carbons (Fsp3) is 0.0833. The van der Waals surface area contributed by atoms with Gasteiger partial charge in [-0.05, 0) is 77.7 Å². The van der Waals surface area contributed by atoms with Crippen LogP contribution in [-0.4, -0.2) is 14.2 Å². The van der Waals surface area contributed by atoms with Crippen molar-refractivity contribution in [2.24, 2.45) is 0 Å². The SMILES string of the molecule is COc1ccc(N(c2ccc(OC)cc2)c2ccc(-c3cccs3)cc2)cc1. The number of thiophene rings is 1. The van der Waals surface area contributed by atoms with Gasteiger partial charge in [0, 0.05) is 21.9 Å². The largest absolute Gasteiger partial charge is 0.497 e. The van der Waals surface area contributed by atoms with E-state index in [1.54, 1.807) is 25.6 Å². The molecule has 3 aromatic carbocycles. The summed E-state index contributed by atoms with van der Waals surface area (Å²) in [5.41, 5.74) is 4.45. The molecule has 0 saturated carbocycles. The molecule has 4 rings (SSSR count). The summed E-state index contributed by atoms with van der Waals surface area (Å²) in [4.78, 5) is 3.49. The number of ether oxygens (including phenoxy) is 2. The molecular weight excluding hydrogens is 366 g/mol. The first-order chi connectivity index (χ1) is 13.8. The second-order valence-electron chi connectivity index (χ2n) is 6.26. The van der Waals surface area contributed by atoms with E-state index in [0.29, 0.717) is 0 Å². The number of rotatable bonds is 6. The van der Waals surface area contributed by atoms with Crippen molar-refractivity contribution in [1.82, 2.24) is 0 Å². The summed E-state index contributed by atoms with van der Waals surface area (Å²) in [7, 11) is 3.36. The Kier molecular flexibility index (Phi) is 5.31. The standard InChI is InChI=1S/C24H21NO2S/c1-26-22-13-9-20(10-14-22)25(21-11-15-23(27-2)16-12-21)19-7-5-18(6-8-19)24-4-3-17-28-24/h3-17H,1-2H3. The molecule has 0 aliphatic rings. The molecule has 140 valence electrons. The molecule has 0 saturated heterocycles. The maximum Gasteiger partial charge on any atom is 0.119 e. The lowest BCUT2D eigenvalue weighted by Gasteiger charge is -2.26. The van der Waals surface area contributed by atoms with Gasteiger partial charge in [0.15, 0.2) is 0 Å². The number of nitrogens with zero attached hydrogens (tertiary/aromatic N) is 1. The molecule has 0 unspecified atom stereocenters. The molecule has 28 heavy (non-hydrogen) atoms. The fourth-order valence-corrected chi connectivity index (χ4v) is 3.86. The van der Waals surface area contributed by atoms with Gasteiger partial charge in [-0.25, -0.2) is 0 Å². The van der Waals surface area contributed by atoms with Gasteiger partial charge >= 0.3 is 0 Å². The molecule has 1 heterocycles. The first kappa shape index (κ1) is 18.1. The topological polar surface area (TPSA) is 21.7 Å². The highest BCUT2D eigenvalue weighted by Gasteiger charge is 2.13. The van der Waals surface area contributed by atoms with Crippen LogP contribution in [0.5, 0.6) is 11.5 Å². The summed E-state index contributed by atoms with van der Waals surface area (Å²) >= 11 is 1.75. The zero-order chi connectivity index (χ0) is 19.3. The molecule has 3 nitrogen and oxygen atoms in total. The van der Waals surface area contributed by atoms with Crippen molar-refractivity contribution in [2.45, 2.75) is 0 Å². The van der Waals surface area contributed by atoms with Crippen LogP contribution in [0.1, 0.15) is 0 Å². The molecule has 0 atom stereocenters. The predicted molar refractivity (Wildman–Crippen MR) is 118 cm³/mol. The molecule has 1 aromatic heterocycles. The van der Waals surface area contributed by atoms with Crippen molar-refractivity contribution in [3.05, 3.63) is 90.3 Å². The Morgan fingerprint density at radius 2 is 1.07 bits per heavy atom. The van der Waals surface area contributed by atoms with E-state index in [1.165, 1.54) is 10.4 Å². The van der Waals surface area contributed by atoms with Crippen molar-refractivity contribution in [3.8, 4) is 21.9 Å². The zero-order valence-electron chi connectivity index (χ0n) is 15.8. The average Bonchev–Trinajstić information content (AvgIpc) is 3.30. The quantitative estimate of drug-likeness (QED) is 0.359. The average molecular weight is 388 g/mol. The highest BCUT2D eigenvalue weighted by Crippen LogP contribution is 2.37. The molecule has 0 amide bonds. The zero-order valence-corrected chi connectivity index (χ0v) is 16.6. The molecule has 0 bridgehead atoms. The minimum atomic E-state index is 0.839. The van der Waals surface area contributed by atoms with Gasteiger partial charge in [0.1, 0.15) is 11.5 Å². The van der Waals surface area contributed by atoms with Crippen LogP contribution >= 0.6 is 11.3 Å². The molecule has 0 N–H and O–H groups in total. The molecule has 0 fully saturated rings. The predicted octanol–water partition coefficient (Wildman–Crippen LogP) is 6.90. The van der Waals surface area contributed by atoms with Gasteiger partial charge in [-0.15, -0.1) is 11.3 Å². The van der Waals surface area contributed by atoms with Crippen LogP contribution in [0.25, 0.3) is 10.4 Å². The minimum absolute atomic E-state index is 0.839. The van der Waals surface area contributed by atoms with E-state index in [-0.39, 0.29) is 0 Å². The van der Waals surface area contributed by atoms with Crippen LogP contribution in [0.2, 0.25) is 0 Å². The molecule has 4 aromatic rings. The van der Waals surface area contributed by atoms with Gasteiger partial charge in [-0.3, -0.25) is 0 Å². The van der Waals surface area contributed by atoms with Crippen LogP contribution in [0.4, 0.5) is 17.1 Å². The lowest BCUT2D eigenvalue weighted by molar-refractivity contribution is 0.415. The van der Waals surface area contributed by atoms with Crippen LogP contribution in [-0.2, 0) is 0 Å². The number of anilines is 3. The Bertz CT molecular complexity index is 960. The first-order valence-electron chi connectivity index (χ1n) is 9.00. The molecule has 0 aliphatic heterocycles. The van der Waals surface area contributed by atoms with Crippen LogP contribution in [0.15, 0.2) is 90.3 Å². The van der Waals surface area contributed by atoms with Crippen molar-refractivity contribution >= 4 is 28.4 Å². The van der Waals surface area contributed by atoms with Gasteiger partial charge in [0.25, 0.3) is 0 Å². The number of benzene rings is 3. The Morgan fingerprint density at radius 1 is 0.607 bits per heavy atom. The minimum Gasteiger partial charge on any atom is -0.497 e. The summed E-state index contributed by atoms with van der Waals surface area (Å²) in [6.45, 7) is 0. The number of hydrogen-bond acceptors (Lipinski definition) is 4. The summed E-state index contributed by atoms with van der Waals surface area (Å²) in [5, 5.41) is 2.10.